The van der Waals surface area contributed by atoms with E-state index in [-0.39, 0.29) is 11.7 Å². The molecule has 1 amide bonds. The molecule has 1 aromatic rings. The Labute approximate surface area is 101 Å². The van der Waals surface area contributed by atoms with Crippen LogP contribution in [0.25, 0.3) is 0 Å². The monoisotopic (exact) mass is 234 g/mol. The highest BCUT2D eigenvalue weighted by Gasteiger charge is 2.36. The van der Waals surface area contributed by atoms with E-state index in [9.17, 15) is 4.79 Å². The fourth-order valence-corrected chi connectivity index (χ4v) is 2.21. The standard InChI is InChI=1S/C13H18N2O2/c14-13(7-1-2-8-13)12(17)15-9-10-3-5-11(16)6-4-10/h3-6,16H,1-2,7-9,14H2,(H,15,17). The van der Waals surface area contributed by atoms with Crippen LogP contribution >= 0.6 is 0 Å². The van der Waals surface area contributed by atoms with Crippen LogP contribution in [0.3, 0.4) is 0 Å². The fourth-order valence-electron chi connectivity index (χ4n) is 2.21. The summed E-state index contributed by atoms with van der Waals surface area (Å²) < 4.78 is 0. The molecule has 2 rings (SSSR count). The SMILES string of the molecule is NC1(C(=O)NCc2ccc(O)cc2)CCCC1. The smallest absolute Gasteiger partial charge is 0.240 e. The van der Waals surface area contributed by atoms with Crippen molar-refractivity contribution in [3.05, 3.63) is 29.8 Å². The summed E-state index contributed by atoms with van der Waals surface area (Å²) in [6.45, 7) is 0.456. The third kappa shape index (κ3) is 2.77. The van der Waals surface area contributed by atoms with E-state index < -0.39 is 5.54 Å². The normalized spacial score (nSPS) is 17.9. The van der Waals surface area contributed by atoms with E-state index in [1.807, 2.05) is 0 Å². The number of amides is 1. The van der Waals surface area contributed by atoms with Gasteiger partial charge in [0.05, 0.1) is 5.54 Å². The Morgan fingerprint density at radius 2 is 1.88 bits per heavy atom. The highest BCUT2D eigenvalue weighted by atomic mass is 16.3. The van der Waals surface area contributed by atoms with E-state index >= 15 is 0 Å². The third-order valence-electron chi connectivity index (χ3n) is 3.34. The average molecular weight is 234 g/mol. The van der Waals surface area contributed by atoms with Crippen LogP contribution in [0.15, 0.2) is 24.3 Å². The number of hydrogen-bond donors (Lipinski definition) is 3. The van der Waals surface area contributed by atoms with Gasteiger partial charge in [-0.2, -0.15) is 0 Å². The second kappa shape index (κ2) is 4.75. The molecule has 4 heteroatoms. The molecule has 92 valence electrons. The predicted octanol–water partition coefficient (Wildman–Crippen LogP) is 1.28. The molecule has 0 atom stereocenters. The van der Waals surface area contributed by atoms with Crippen LogP contribution in [0.1, 0.15) is 31.2 Å². The average Bonchev–Trinajstić information content (AvgIpc) is 2.76. The highest BCUT2D eigenvalue weighted by molar-refractivity contribution is 5.86. The molecule has 0 radical (unpaired) electrons. The Bertz CT molecular complexity index is 394. The van der Waals surface area contributed by atoms with Gasteiger partial charge in [0.15, 0.2) is 0 Å². The molecular weight excluding hydrogens is 216 g/mol. The number of carbonyl (C=O) groups is 1. The number of nitrogens with one attached hydrogen (secondary N) is 1. The minimum absolute atomic E-state index is 0.0666. The lowest BCUT2D eigenvalue weighted by molar-refractivity contribution is -0.126. The van der Waals surface area contributed by atoms with Gasteiger partial charge in [0, 0.05) is 6.54 Å². The summed E-state index contributed by atoms with van der Waals surface area (Å²) in [6, 6.07) is 6.78. The number of benzene rings is 1. The van der Waals surface area contributed by atoms with Gasteiger partial charge in [-0.25, -0.2) is 0 Å². The van der Waals surface area contributed by atoms with E-state index in [4.69, 9.17) is 10.8 Å². The molecule has 1 aliphatic carbocycles. The quantitative estimate of drug-likeness (QED) is 0.737. The van der Waals surface area contributed by atoms with Crippen LogP contribution in [-0.4, -0.2) is 16.6 Å². The topological polar surface area (TPSA) is 75.4 Å². The predicted molar refractivity (Wildman–Crippen MR) is 65.3 cm³/mol. The Hall–Kier alpha value is -1.55. The second-order valence-electron chi connectivity index (χ2n) is 4.71. The molecule has 1 aromatic carbocycles. The van der Waals surface area contributed by atoms with E-state index in [0.29, 0.717) is 6.54 Å². The second-order valence-corrected chi connectivity index (χ2v) is 4.71. The van der Waals surface area contributed by atoms with Crippen molar-refractivity contribution in [2.75, 3.05) is 0 Å². The first-order valence-electron chi connectivity index (χ1n) is 5.95. The van der Waals surface area contributed by atoms with E-state index in [1.165, 1.54) is 0 Å². The van der Waals surface area contributed by atoms with Gasteiger partial charge in [0.2, 0.25) is 5.91 Å². The lowest BCUT2D eigenvalue weighted by Crippen LogP contribution is -2.51. The summed E-state index contributed by atoms with van der Waals surface area (Å²) in [5.74, 6) is 0.161. The van der Waals surface area contributed by atoms with Crippen molar-refractivity contribution in [1.82, 2.24) is 5.32 Å². The summed E-state index contributed by atoms with van der Waals surface area (Å²) in [5.41, 5.74) is 6.33. The maximum Gasteiger partial charge on any atom is 0.240 e. The molecule has 0 saturated heterocycles. The Kier molecular flexibility index (Phi) is 3.33. The summed E-state index contributed by atoms with van der Waals surface area (Å²) >= 11 is 0. The van der Waals surface area contributed by atoms with Crippen LogP contribution in [0.4, 0.5) is 0 Å². The molecule has 0 unspecified atom stereocenters. The van der Waals surface area contributed by atoms with Crippen molar-refractivity contribution in [3.63, 3.8) is 0 Å². The van der Waals surface area contributed by atoms with Gasteiger partial charge >= 0.3 is 0 Å². The summed E-state index contributed by atoms with van der Waals surface area (Å²) in [7, 11) is 0. The molecule has 0 bridgehead atoms. The molecule has 1 fully saturated rings. The number of phenols is 1. The number of phenolic OH excluding ortho intramolecular Hbond substituents is 1. The molecule has 0 heterocycles. The number of hydrogen-bond acceptors (Lipinski definition) is 3. The molecule has 17 heavy (non-hydrogen) atoms. The minimum Gasteiger partial charge on any atom is -0.508 e. The van der Waals surface area contributed by atoms with Crippen molar-refractivity contribution < 1.29 is 9.90 Å². The third-order valence-corrected chi connectivity index (χ3v) is 3.34. The van der Waals surface area contributed by atoms with Crippen LogP contribution in [0, 0.1) is 0 Å². The fraction of sp³-hybridized carbons (Fsp3) is 0.462. The molecule has 1 aliphatic rings. The van der Waals surface area contributed by atoms with Crippen molar-refractivity contribution in [2.45, 2.75) is 37.8 Å². The van der Waals surface area contributed by atoms with Crippen LogP contribution in [0.2, 0.25) is 0 Å². The van der Waals surface area contributed by atoms with E-state index in [2.05, 4.69) is 5.32 Å². The summed E-state index contributed by atoms with van der Waals surface area (Å²) in [6.07, 6.45) is 3.61. The van der Waals surface area contributed by atoms with Gasteiger partial charge < -0.3 is 16.2 Å². The number of carbonyl (C=O) groups excluding carboxylic acids is 1. The van der Waals surface area contributed by atoms with Crippen LogP contribution < -0.4 is 11.1 Å². The minimum atomic E-state index is -0.670. The maximum absolute atomic E-state index is 11.9. The van der Waals surface area contributed by atoms with Crippen LogP contribution in [-0.2, 0) is 11.3 Å². The first-order valence-corrected chi connectivity index (χ1v) is 5.95. The zero-order valence-corrected chi connectivity index (χ0v) is 9.78. The number of rotatable bonds is 3. The highest BCUT2D eigenvalue weighted by Crippen LogP contribution is 2.27. The van der Waals surface area contributed by atoms with E-state index in [0.717, 1.165) is 31.2 Å². The molecule has 0 aromatic heterocycles. The van der Waals surface area contributed by atoms with Crippen molar-refractivity contribution >= 4 is 5.91 Å². The van der Waals surface area contributed by atoms with E-state index in [1.54, 1.807) is 24.3 Å². The molecule has 4 N–H and O–H groups in total. The zero-order valence-electron chi connectivity index (χ0n) is 9.78. The van der Waals surface area contributed by atoms with Gasteiger partial charge in [0.1, 0.15) is 5.75 Å². The largest absolute Gasteiger partial charge is 0.508 e. The lowest BCUT2D eigenvalue weighted by atomic mass is 9.98. The van der Waals surface area contributed by atoms with Gasteiger partial charge in [-0.1, -0.05) is 25.0 Å². The Morgan fingerprint density at radius 1 is 1.29 bits per heavy atom. The first kappa shape index (κ1) is 11.9. The van der Waals surface area contributed by atoms with Crippen LogP contribution in [0.5, 0.6) is 5.75 Å². The van der Waals surface area contributed by atoms with Gasteiger partial charge in [-0.05, 0) is 30.5 Å². The van der Waals surface area contributed by atoms with Gasteiger partial charge in [-0.15, -0.1) is 0 Å². The van der Waals surface area contributed by atoms with Crippen molar-refractivity contribution in [3.8, 4) is 5.75 Å². The lowest BCUT2D eigenvalue weighted by Gasteiger charge is -2.22. The molecule has 0 aliphatic heterocycles. The summed E-state index contributed by atoms with van der Waals surface area (Å²) in [5, 5.41) is 12.0. The Balaban J connectivity index is 1.89. The molecule has 4 nitrogen and oxygen atoms in total. The molecular formula is C13H18N2O2. The number of nitrogens with two attached hydrogens (primary N) is 1. The van der Waals surface area contributed by atoms with Gasteiger partial charge in [0.25, 0.3) is 0 Å². The van der Waals surface area contributed by atoms with Gasteiger partial charge in [-0.3, -0.25) is 4.79 Å². The van der Waals surface area contributed by atoms with Crippen molar-refractivity contribution in [2.24, 2.45) is 5.73 Å². The maximum atomic E-state index is 11.9. The zero-order chi connectivity index (χ0) is 12.3. The number of aromatic hydroxyl groups is 1. The first-order chi connectivity index (χ1) is 8.10. The molecule has 0 spiro atoms. The summed E-state index contributed by atoms with van der Waals surface area (Å²) in [4.78, 5) is 11.9. The molecule has 1 saturated carbocycles. The van der Waals surface area contributed by atoms with Crippen molar-refractivity contribution in [1.29, 1.82) is 0 Å². The Morgan fingerprint density at radius 3 is 2.47 bits per heavy atom.